The molecule has 0 aromatic heterocycles. The van der Waals surface area contributed by atoms with Crippen LogP contribution in [-0.2, 0) is 4.74 Å². The number of hydrogen-bond acceptors (Lipinski definition) is 2. The lowest BCUT2D eigenvalue weighted by atomic mass is 9.70. The average Bonchev–Trinajstić information content (AvgIpc) is 1.85. The molecule has 2 nitrogen and oxygen atoms in total. The molecule has 0 saturated heterocycles. The van der Waals surface area contributed by atoms with E-state index in [9.17, 15) is 0 Å². The zero-order valence-electron chi connectivity index (χ0n) is 7.76. The second-order valence-corrected chi connectivity index (χ2v) is 3.99. The van der Waals surface area contributed by atoms with Gasteiger partial charge >= 0.3 is 0 Å². The van der Waals surface area contributed by atoms with E-state index in [0.29, 0.717) is 5.92 Å². The van der Waals surface area contributed by atoms with Crippen molar-refractivity contribution in [1.82, 2.24) is 0 Å². The van der Waals surface area contributed by atoms with E-state index in [4.69, 9.17) is 10.5 Å². The summed E-state index contributed by atoms with van der Waals surface area (Å²) < 4.78 is 5.39. The summed E-state index contributed by atoms with van der Waals surface area (Å²) in [7, 11) is 1.76. The van der Waals surface area contributed by atoms with Gasteiger partial charge in [0.1, 0.15) is 0 Å². The van der Waals surface area contributed by atoms with Gasteiger partial charge < -0.3 is 10.5 Å². The van der Waals surface area contributed by atoms with Crippen LogP contribution in [0.4, 0.5) is 0 Å². The Morgan fingerprint density at radius 2 is 1.91 bits per heavy atom. The van der Waals surface area contributed by atoms with E-state index in [2.05, 4.69) is 13.8 Å². The van der Waals surface area contributed by atoms with Gasteiger partial charge in [0.2, 0.25) is 0 Å². The fraction of sp³-hybridized carbons (Fsp3) is 1.00. The predicted molar refractivity (Wildman–Crippen MR) is 46.4 cm³/mol. The molecular weight excluding hydrogens is 138 g/mol. The van der Waals surface area contributed by atoms with Gasteiger partial charge in [-0.2, -0.15) is 0 Å². The molecule has 0 radical (unpaired) electrons. The molecule has 1 unspecified atom stereocenters. The summed E-state index contributed by atoms with van der Waals surface area (Å²) in [6.07, 6.45) is 3.77. The SMILES string of the molecule is COC(C(C)C)C1(N)CCC1. The van der Waals surface area contributed by atoms with Gasteiger partial charge in [-0.1, -0.05) is 13.8 Å². The first kappa shape index (κ1) is 9.01. The highest BCUT2D eigenvalue weighted by molar-refractivity contribution is 5.00. The molecule has 1 rings (SSSR count). The Morgan fingerprint density at radius 1 is 1.36 bits per heavy atom. The summed E-state index contributed by atoms with van der Waals surface area (Å²) in [5, 5.41) is 0. The van der Waals surface area contributed by atoms with E-state index in [0.717, 1.165) is 12.8 Å². The molecule has 11 heavy (non-hydrogen) atoms. The molecule has 1 saturated carbocycles. The fourth-order valence-electron chi connectivity index (χ4n) is 2.04. The van der Waals surface area contributed by atoms with E-state index < -0.39 is 0 Å². The van der Waals surface area contributed by atoms with Gasteiger partial charge in [-0.15, -0.1) is 0 Å². The van der Waals surface area contributed by atoms with Crippen molar-refractivity contribution in [3.05, 3.63) is 0 Å². The molecule has 2 N–H and O–H groups in total. The molecule has 0 heterocycles. The molecule has 2 heteroatoms. The van der Waals surface area contributed by atoms with Crippen molar-refractivity contribution in [2.24, 2.45) is 11.7 Å². The minimum Gasteiger partial charge on any atom is -0.379 e. The summed E-state index contributed by atoms with van der Waals surface area (Å²) in [4.78, 5) is 0. The van der Waals surface area contributed by atoms with Gasteiger partial charge in [0, 0.05) is 12.6 Å². The summed E-state index contributed by atoms with van der Waals surface area (Å²) in [6.45, 7) is 4.34. The van der Waals surface area contributed by atoms with Crippen molar-refractivity contribution >= 4 is 0 Å². The second kappa shape index (κ2) is 3.11. The fourth-order valence-corrected chi connectivity index (χ4v) is 2.04. The first-order valence-electron chi connectivity index (χ1n) is 4.42. The number of hydrogen-bond donors (Lipinski definition) is 1. The van der Waals surface area contributed by atoms with Crippen LogP contribution in [0.5, 0.6) is 0 Å². The van der Waals surface area contributed by atoms with Crippen LogP contribution in [0.3, 0.4) is 0 Å². The number of rotatable bonds is 3. The Hall–Kier alpha value is -0.0800. The van der Waals surface area contributed by atoms with E-state index >= 15 is 0 Å². The minimum atomic E-state index is -0.0110. The van der Waals surface area contributed by atoms with Crippen LogP contribution in [0, 0.1) is 5.92 Å². The smallest absolute Gasteiger partial charge is 0.0773 e. The standard InChI is InChI=1S/C9H19NO/c1-7(2)8(11-3)9(10)5-4-6-9/h7-8H,4-6,10H2,1-3H3. The molecule has 1 atom stereocenters. The molecule has 0 aliphatic heterocycles. The Bertz CT molecular complexity index is 130. The summed E-state index contributed by atoms with van der Waals surface area (Å²) in [5.74, 6) is 0.533. The quantitative estimate of drug-likeness (QED) is 0.674. The lowest BCUT2D eigenvalue weighted by Crippen LogP contribution is -2.58. The van der Waals surface area contributed by atoms with Crippen molar-refractivity contribution in [3.63, 3.8) is 0 Å². The van der Waals surface area contributed by atoms with E-state index in [1.807, 2.05) is 0 Å². The average molecular weight is 157 g/mol. The second-order valence-electron chi connectivity index (χ2n) is 3.99. The molecular formula is C9H19NO. The van der Waals surface area contributed by atoms with Crippen molar-refractivity contribution in [1.29, 1.82) is 0 Å². The van der Waals surface area contributed by atoms with Crippen molar-refractivity contribution in [3.8, 4) is 0 Å². The molecule has 66 valence electrons. The molecule has 0 amide bonds. The molecule has 1 fully saturated rings. The Kier molecular flexibility index (Phi) is 2.55. The van der Waals surface area contributed by atoms with Gasteiger partial charge in [-0.05, 0) is 25.2 Å². The maximum absolute atomic E-state index is 6.13. The van der Waals surface area contributed by atoms with Crippen molar-refractivity contribution < 1.29 is 4.74 Å². The third-order valence-electron chi connectivity index (χ3n) is 2.71. The molecule has 1 aliphatic carbocycles. The Morgan fingerprint density at radius 3 is 2.00 bits per heavy atom. The first-order chi connectivity index (χ1) is 5.10. The molecule has 0 aromatic carbocycles. The Balaban J connectivity index is 2.53. The van der Waals surface area contributed by atoms with Crippen molar-refractivity contribution in [2.45, 2.75) is 44.8 Å². The summed E-state index contributed by atoms with van der Waals surface area (Å²) in [6, 6.07) is 0. The van der Waals surface area contributed by atoms with Crippen LogP contribution < -0.4 is 5.73 Å². The van der Waals surface area contributed by atoms with Crippen LogP contribution >= 0.6 is 0 Å². The summed E-state index contributed by atoms with van der Waals surface area (Å²) in [5.41, 5.74) is 6.12. The van der Waals surface area contributed by atoms with Gasteiger partial charge in [-0.3, -0.25) is 0 Å². The zero-order valence-corrected chi connectivity index (χ0v) is 7.76. The monoisotopic (exact) mass is 157 g/mol. The van der Waals surface area contributed by atoms with E-state index in [1.165, 1.54) is 6.42 Å². The highest BCUT2D eigenvalue weighted by atomic mass is 16.5. The number of nitrogens with two attached hydrogens (primary N) is 1. The predicted octanol–water partition coefficient (Wildman–Crippen LogP) is 1.54. The maximum atomic E-state index is 6.13. The van der Waals surface area contributed by atoms with E-state index in [1.54, 1.807) is 7.11 Å². The van der Waals surface area contributed by atoms with Crippen LogP contribution in [0.1, 0.15) is 33.1 Å². The van der Waals surface area contributed by atoms with Gasteiger partial charge in [0.25, 0.3) is 0 Å². The van der Waals surface area contributed by atoms with Crippen LogP contribution in [-0.4, -0.2) is 18.8 Å². The molecule has 1 aliphatic rings. The number of ether oxygens (including phenoxy) is 1. The van der Waals surface area contributed by atoms with Crippen molar-refractivity contribution in [2.75, 3.05) is 7.11 Å². The molecule has 0 aromatic rings. The van der Waals surface area contributed by atoms with Gasteiger partial charge in [0.05, 0.1) is 6.10 Å². The highest BCUT2D eigenvalue weighted by Crippen LogP contribution is 2.36. The minimum absolute atomic E-state index is 0.0110. The Labute approximate surface area is 69.1 Å². The lowest BCUT2D eigenvalue weighted by molar-refractivity contribution is -0.0307. The topological polar surface area (TPSA) is 35.2 Å². The molecule has 0 bridgehead atoms. The third-order valence-corrected chi connectivity index (χ3v) is 2.71. The normalized spacial score (nSPS) is 24.8. The molecule has 0 spiro atoms. The number of methoxy groups -OCH3 is 1. The van der Waals surface area contributed by atoms with Crippen LogP contribution in [0.2, 0.25) is 0 Å². The third kappa shape index (κ3) is 1.57. The zero-order chi connectivity index (χ0) is 8.48. The van der Waals surface area contributed by atoms with E-state index in [-0.39, 0.29) is 11.6 Å². The maximum Gasteiger partial charge on any atom is 0.0773 e. The largest absolute Gasteiger partial charge is 0.379 e. The van der Waals surface area contributed by atoms with Crippen LogP contribution in [0.25, 0.3) is 0 Å². The lowest BCUT2D eigenvalue weighted by Gasteiger charge is -2.45. The first-order valence-corrected chi connectivity index (χ1v) is 4.42. The summed E-state index contributed by atoms with van der Waals surface area (Å²) >= 11 is 0. The van der Waals surface area contributed by atoms with Gasteiger partial charge in [-0.25, -0.2) is 0 Å². The van der Waals surface area contributed by atoms with Gasteiger partial charge in [0.15, 0.2) is 0 Å². The highest BCUT2D eigenvalue weighted by Gasteiger charge is 2.41. The van der Waals surface area contributed by atoms with Crippen LogP contribution in [0.15, 0.2) is 0 Å².